The van der Waals surface area contributed by atoms with Crippen molar-refractivity contribution in [1.29, 1.82) is 0 Å². The molecule has 2 aromatic rings. The van der Waals surface area contributed by atoms with Crippen molar-refractivity contribution < 1.29 is 16.8 Å². The van der Waals surface area contributed by atoms with Gasteiger partial charge in [0.15, 0.2) is 9.84 Å². The van der Waals surface area contributed by atoms with Gasteiger partial charge in [0.1, 0.15) is 0 Å². The highest BCUT2D eigenvalue weighted by molar-refractivity contribution is 7.92. The molecule has 7 heteroatoms. The number of hydrogen-bond acceptors (Lipinski definition) is 4. The molecule has 2 aromatic carbocycles. The molecule has 0 atom stereocenters. The summed E-state index contributed by atoms with van der Waals surface area (Å²) in [5.41, 5.74) is 0. The Hall–Kier alpha value is -1.44. The summed E-state index contributed by atoms with van der Waals surface area (Å²) < 4.78 is 50.2. The van der Waals surface area contributed by atoms with Crippen molar-refractivity contribution in [2.75, 3.05) is 18.8 Å². The van der Waals surface area contributed by atoms with Crippen LogP contribution < -0.4 is 0 Å². The lowest BCUT2D eigenvalue weighted by molar-refractivity contribution is 0.310. The maximum Gasteiger partial charge on any atom is 0.243 e. The van der Waals surface area contributed by atoms with Crippen LogP contribution in [0, 0.1) is 0 Å². The van der Waals surface area contributed by atoms with Gasteiger partial charge in [-0.25, -0.2) is 16.8 Å². The van der Waals surface area contributed by atoms with Crippen molar-refractivity contribution >= 4 is 30.6 Å². The second-order valence-electron chi connectivity index (χ2n) is 5.37. The van der Waals surface area contributed by atoms with Gasteiger partial charge in [-0.2, -0.15) is 4.31 Å². The smallest absolute Gasteiger partial charge is 0.228 e. The van der Waals surface area contributed by atoms with Gasteiger partial charge in [-0.3, -0.25) is 0 Å². The number of sulfonamides is 1. The Kier molecular flexibility index (Phi) is 3.74. The molecule has 3 rings (SSSR count). The third kappa shape index (κ3) is 2.43. The van der Waals surface area contributed by atoms with E-state index >= 15 is 0 Å². The van der Waals surface area contributed by atoms with Gasteiger partial charge in [0.25, 0.3) is 0 Å². The largest absolute Gasteiger partial charge is 0.243 e. The zero-order valence-corrected chi connectivity index (χ0v) is 13.8. The molecule has 1 fully saturated rings. The van der Waals surface area contributed by atoms with E-state index in [9.17, 15) is 16.8 Å². The first-order valence-electron chi connectivity index (χ1n) is 7.06. The van der Waals surface area contributed by atoms with Crippen molar-refractivity contribution in [3.8, 4) is 0 Å². The maximum atomic E-state index is 12.7. The molecule has 0 aliphatic carbocycles. The van der Waals surface area contributed by atoms with E-state index in [1.54, 1.807) is 31.2 Å². The first-order valence-corrected chi connectivity index (χ1v) is 10.2. The lowest BCUT2D eigenvalue weighted by Gasteiger charge is -2.37. The van der Waals surface area contributed by atoms with E-state index in [4.69, 9.17) is 0 Å². The highest BCUT2D eigenvalue weighted by Crippen LogP contribution is 2.30. The molecule has 1 aliphatic heterocycles. The number of sulfone groups is 1. The normalized spacial score (nSPS) is 17.5. The van der Waals surface area contributed by atoms with Gasteiger partial charge in [-0.1, -0.05) is 43.3 Å². The fraction of sp³-hybridized carbons (Fsp3) is 0.333. The summed E-state index contributed by atoms with van der Waals surface area (Å²) in [7, 11) is -6.85. The molecule has 0 unspecified atom stereocenters. The fourth-order valence-corrected chi connectivity index (χ4v) is 5.84. The van der Waals surface area contributed by atoms with Crippen molar-refractivity contribution in [2.45, 2.75) is 17.1 Å². The SMILES string of the molecule is CCS(=O)(=O)C1CN(S(=O)(=O)c2cccc3ccccc23)C1. The average molecular weight is 339 g/mol. The zero-order chi connectivity index (χ0) is 16.0. The Morgan fingerprint density at radius 3 is 2.32 bits per heavy atom. The summed E-state index contributed by atoms with van der Waals surface area (Å²) in [5.74, 6) is 0.0415. The molecule has 22 heavy (non-hydrogen) atoms. The number of fused-ring (bicyclic) bond motifs is 1. The summed E-state index contributed by atoms with van der Waals surface area (Å²) in [6, 6.07) is 12.4. The predicted molar refractivity (Wildman–Crippen MR) is 86.0 cm³/mol. The van der Waals surface area contributed by atoms with E-state index < -0.39 is 25.1 Å². The van der Waals surface area contributed by atoms with Crippen LogP contribution in [0.1, 0.15) is 6.92 Å². The van der Waals surface area contributed by atoms with Crippen molar-refractivity contribution in [1.82, 2.24) is 4.31 Å². The van der Waals surface area contributed by atoms with E-state index in [2.05, 4.69) is 0 Å². The standard InChI is InChI=1S/C15H17NO4S2/c1-2-21(17,18)13-10-16(11-13)22(19,20)15-9-5-7-12-6-3-4-8-14(12)15/h3-9,13H,2,10-11H2,1H3. The minimum atomic E-state index is -3.66. The third-order valence-corrected chi connectivity index (χ3v) is 8.10. The second-order valence-corrected chi connectivity index (χ2v) is 9.85. The van der Waals surface area contributed by atoms with Crippen molar-refractivity contribution in [3.63, 3.8) is 0 Å². The van der Waals surface area contributed by atoms with Gasteiger partial charge < -0.3 is 0 Å². The Morgan fingerprint density at radius 2 is 1.64 bits per heavy atom. The topological polar surface area (TPSA) is 71.5 Å². The molecule has 0 spiro atoms. The zero-order valence-electron chi connectivity index (χ0n) is 12.1. The number of benzene rings is 2. The molecule has 0 amide bonds. The van der Waals surface area contributed by atoms with Crippen molar-refractivity contribution in [3.05, 3.63) is 42.5 Å². The molecular formula is C15H17NO4S2. The first kappa shape index (κ1) is 15.5. The van der Waals surface area contributed by atoms with Crippen LogP contribution in [0.2, 0.25) is 0 Å². The van der Waals surface area contributed by atoms with Gasteiger partial charge in [-0.15, -0.1) is 0 Å². The van der Waals surface area contributed by atoms with E-state index in [0.29, 0.717) is 5.39 Å². The Bertz CT molecular complexity index is 908. The lowest BCUT2D eigenvalue weighted by atomic mass is 10.1. The van der Waals surface area contributed by atoms with E-state index in [1.807, 2.05) is 18.2 Å². The van der Waals surface area contributed by atoms with E-state index in [0.717, 1.165) is 5.39 Å². The highest BCUT2D eigenvalue weighted by atomic mass is 32.2. The summed E-state index contributed by atoms with van der Waals surface area (Å²) in [6.07, 6.45) is 0. The minimum Gasteiger partial charge on any atom is -0.228 e. The Balaban J connectivity index is 1.95. The van der Waals surface area contributed by atoms with Crippen LogP contribution >= 0.6 is 0 Å². The van der Waals surface area contributed by atoms with Crippen LogP contribution in [0.4, 0.5) is 0 Å². The maximum absolute atomic E-state index is 12.7. The van der Waals surface area contributed by atoms with E-state index in [-0.39, 0.29) is 23.7 Å². The first-order chi connectivity index (χ1) is 10.4. The average Bonchev–Trinajstić information content (AvgIpc) is 2.44. The molecule has 118 valence electrons. The molecule has 5 nitrogen and oxygen atoms in total. The number of rotatable bonds is 4. The molecule has 0 N–H and O–H groups in total. The lowest BCUT2D eigenvalue weighted by Crippen LogP contribution is -2.57. The van der Waals surface area contributed by atoms with Gasteiger partial charge in [-0.05, 0) is 11.5 Å². The van der Waals surface area contributed by atoms with Gasteiger partial charge in [0.2, 0.25) is 10.0 Å². The molecule has 1 saturated heterocycles. The van der Waals surface area contributed by atoms with Gasteiger partial charge >= 0.3 is 0 Å². The van der Waals surface area contributed by atoms with Crippen LogP contribution in [0.5, 0.6) is 0 Å². The van der Waals surface area contributed by atoms with Crippen LogP contribution in [0.3, 0.4) is 0 Å². The van der Waals surface area contributed by atoms with E-state index in [1.165, 1.54) is 4.31 Å². The Morgan fingerprint density at radius 1 is 1.00 bits per heavy atom. The summed E-state index contributed by atoms with van der Waals surface area (Å²) >= 11 is 0. The summed E-state index contributed by atoms with van der Waals surface area (Å²) in [6.45, 7) is 1.67. The number of hydrogen-bond donors (Lipinski definition) is 0. The van der Waals surface area contributed by atoms with Crippen LogP contribution in [0.15, 0.2) is 47.4 Å². The molecule has 0 aromatic heterocycles. The molecule has 0 radical (unpaired) electrons. The van der Waals surface area contributed by atoms with Crippen LogP contribution in [0.25, 0.3) is 10.8 Å². The second kappa shape index (κ2) is 5.33. The molecular weight excluding hydrogens is 322 g/mol. The molecule has 1 heterocycles. The highest BCUT2D eigenvalue weighted by Gasteiger charge is 2.43. The minimum absolute atomic E-state index is 0.0415. The fourth-order valence-electron chi connectivity index (χ4n) is 2.62. The number of nitrogens with zero attached hydrogens (tertiary/aromatic N) is 1. The molecule has 1 aliphatic rings. The van der Waals surface area contributed by atoms with Gasteiger partial charge in [0.05, 0.1) is 10.1 Å². The molecule has 0 saturated carbocycles. The predicted octanol–water partition coefficient (Wildman–Crippen LogP) is 1.65. The summed E-state index contributed by atoms with van der Waals surface area (Å²) in [4.78, 5) is 0.234. The quantitative estimate of drug-likeness (QED) is 0.849. The van der Waals surface area contributed by atoms with Gasteiger partial charge in [0, 0.05) is 24.2 Å². The van der Waals surface area contributed by atoms with Crippen LogP contribution in [-0.4, -0.2) is 45.2 Å². The van der Waals surface area contributed by atoms with Crippen molar-refractivity contribution in [2.24, 2.45) is 0 Å². The summed E-state index contributed by atoms with van der Waals surface area (Å²) in [5, 5.41) is 0.927. The Labute approximate surface area is 130 Å². The monoisotopic (exact) mass is 339 g/mol. The van der Waals surface area contributed by atoms with Crippen LogP contribution in [-0.2, 0) is 19.9 Å². The third-order valence-electron chi connectivity index (χ3n) is 4.09. The molecule has 0 bridgehead atoms.